The van der Waals surface area contributed by atoms with Gasteiger partial charge in [0.2, 0.25) is 0 Å². The van der Waals surface area contributed by atoms with Crippen molar-refractivity contribution in [1.82, 2.24) is 5.43 Å². The van der Waals surface area contributed by atoms with Crippen molar-refractivity contribution in [3.8, 4) is 5.75 Å². The van der Waals surface area contributed by atoms with Gasteiger partial charge in [-0.2, -0.15) is 5.10 Å². The van der Waals surface area contributed by atoms with Crippen LogP contribution in [0.5, 0.6) is 5.75 Å². The summed E-state index contributed by atoms with van der Waals surface area (Å²) in [5.41, 5.74) is 10.7. The van der Waals surface area contributed by atoms with Gasteiger partial charge < -0.3 is 15.3 Å². The quantitative estimate of drug-likeness (QED) is 0.0744. The van der Waals surface area contributed by atoms with Crippen molar-refractivity contribution in [3.05, 3.63) is 67.2 Å². The molecule has 0 fully saturated rings. The van der Waals surface area contributed by atoms with E-state index in [0.29, 0.717) is 26.8 Å². The second-order valence-corrected chi connectivity index (χ2v) is 9.44. The topological polar surface area (TPSA) is 168 Å². The van der Waals surface area contributed by atoms with Gasteiger partial charge in [-0.3, -0.25) is 4.79 Å². The highest BCUT2D eigenvalue weighted by Gasteiger charge is 2.46. The Hall–Kier alpha value is -3.15. The fourth-order valence-corrected chi connectivity index (χ4v) is 4.10. The van der Waals surface area contributed by atoms with E-state index in [9.17, 15) is 19.8 Å². The first-order valence-electron chi connectivity index (χ1n) is 9.77. The van der Waals surface area contributed by atoms with Crippen LogP contribution in [0.15, 0.2) is 57.8 Å². The number of carboxylic acid groups (broad SMARTS) is 1. The summed E-state index contributed by atoms with van der Waals surface area (Å²) in [5.74, 6) is -1.85. The van der Waals surface area contributed by atoms with Gasteiger partial charge in [-0.15, -0.1) is 0 Å². The van der Waals surface area contributed by atoms with Gasteiger partial charge in [0.1, 0.15) is 11.4 Å². The van der Waals surface area contributed by atoms with Gasteiger partial charge in [0.05, 0.1) is 15.0 Å². The third kappa shape index (κ3) is 6.01. The third-order valence-electron chi connectivity index (χ3n) is 5.34. The molecule has 10 nitrogen and oxygen atoms in total. The van der Waals surface area contributed by atoms with Crippen LogP contribution in [0.2, 0.25) is 0 Å². The summed E-state index contributed by atoms with van der Waals surface area (Å²) in [4.78, 5) is 26.0. The van der Waals surface area contributed by atoms with Crippen molar-refractivity contribution in [2.45, 2.75) is 39.7 Å². The average Bonchev–Trinajstić information content (AvgIpc) is 2.71. The minimum Gasteiger partial charge on any atom is -0.506 e. The maximum absolute atomic E-state index is 12.6. The lowest BCUT2D eigenvalue weighted by Gasteiger charge is -2.44. The predicted molar refractivity (Wildman–Crippen MR) is 132 cm³/mol. The second-order valence-electron chi connectivity index (χ2n) is 8.27. The zero-order valence-corrected chi connectivity index (χ0v) is 20.7. The predicted octanol–water partition coefficient (Wildman–Crippen LogP) is 4.72. The number of nitrogens with one attached hydrogen (secondary N) is 1. The Morgan fingerprint density at radius 3 is 2.58 bits per heavy atom. The van der Waals surface area contributed by atoms with E-state index in [1.165, 1.54) is 12.1 Å². The molecule has 174 valence electrons. The molecule has 0 saturated carbocycles. The Morgan fingerprint density at radius 2 is 2.00 bits per heavy atom. The van der Waals surface area contributed by atoms with E-state index in [4.69, 9.17) is 10.6 Å². The first-order valence-corrected chi connectivity index (χ1v) is 10.8. The summed E-state index contributed by atoms with van der Waals surface area (Å²) in [6.07, 6.45) is 6.17. The molecule has 0 radical (unpaired) electrons. The van der Waals surface area contributed by atoms with Crippen LogP contribution in [0, 0.1) is 8.99 Å². The number of azide groups is 1. The number of allylic oxidation sites excluding steroid dienone is 3. The number of carbonyl (C=O) groups is 2. The zero-order valence-electron chi connectivity index (χ0n) is 18.5. The van der Waals surface area contributed by atoms with Crippen LogP contribution >= 0.6 is 22.6 Å². The maximum atomic E-state index is 12.6. The van der Waals surface area contributed by atoms with Crippen molar-refractivity contribution in [3.63, 3.8) is 0 Å². The minimum absolute atomic E-state index is 0.0687. The van der Waals surface area contributed by atoms with E-state index in [0.717, 1.165) is 6.08 Å². The van der Waals surface area contributed by atoms with Gasteiger partial charge >= 0.3 is 5.97 Å². The molecule has 4 N–H and O–H groups in total. The van der Waals surface area contributed by atoms with Crippen LogP contribution in [0.25, 0.3) is 10.4 Å². The van der Waals surface area contributed by atoms with E-state index in [1.807, 2.05) is 36.4 Å². The highest BCUT2D eigenvalue weighted by molar-refractivity contribution is 14.1. The standard InChI is InChI=1S/C22H24IN5O5/c1-12(7-18(29)30)5-6-22(33)13(2)8-15(11-21(22,3)4)25-27-20(32)14-9-16(23)19(31)17(10-14)26-28-24/h5-10,31,33H,11H2,1-4H3,(H,27,32)(H,29,30)/b6-5+,12-7-,25-15-/t22-/m1/s1. The first-order chi connectivity index (χ1) is 15.3. The number of hydrogen-bond acceptors (Lipinski definition) is 6. The van der Waals surface area contributed by atoms with Crippen molar-refractivity contribution in [2.24, 2.45) is 15.6 Å². The number of carbonyl (C=O) groups excluding carboxylic acids is 1. The van der Waals surface area contributed by atoms with E-state index < -0.39 is 22.9 Å². The molecule has 0 heterocycles. The fraction of sp³-hybridized carbons (Fsp3) is 0.318. The summed E-state index contributed by atoms with van der Waals surface area (Å²) in [6, 6.07) is 2.69. The zero-order chi connectivity index (χ0) is 25.0. The van der Waals surface area contributed by atoms with Crippen molar-refractivity contribution < 1.29 is 24.9 Å². The van der Waals surface area contributed by atoms with Gasteiger partial charge in [0.25, 0.3) is 5.91 Å². The maximum Gasteiger partial charge on any atom is 0.328 e. The number of phenols is 1. The number of aliphatic carboxylic acids is 1. The molecule has 1 aliphatic rings. The fourth-order valence-electron chi connectivity index (χ4n) is 3.48. The summed E-state index contributed by atoms with van der Waals surface area (Å²) in [6.45, 7) is 7.04. The lowest BCUT2D eigenvalue weighted by molar-refractivity contribution is -0.131. The Kier molecular flexibility index (Phi) is 8.06. The largest absolute Gasteiger partial charge is 0.506 e. The molecule has 0 bridgehead atoms. The van der Waals surface area contributed by atoms with Crippen LogP contribution in [0.4, 0.5) is 5.69 Å². The SMILES string of the molecule is CC1=C/C(=N/NC(=O)c2cc(I)c(O)c(N=[N+]=[N-])c2)CC(C)(C)[C@@]1(O)/C=C/C(C)=C\C(=O)O. The molecule has 1 atom stereocenters. The van der Waals surface area contributed by atoms with Crippen LogP contribution in [0.3, 0.4) is 0 Å². The molecule has 0 aromatic heterocycles. The smallest absolute Gasteiger partial charge is 0.328 e. The van der Waals surface area contributed by atoms with Crippen molar-refractivity contribution >= 4 is 45.9 Å². The lowest BCUT2D eigenvalue weighted by atomic mass is 9.64. The Labute approximate surface area is 204 Å². The average molecular weight is 565 g/mol. The number of hydrazone groups is 1. The molecule has 11 heteroatoms. The normalized spacial score (nSPS) is 21.5. The van der Waals surface area contributed by atoms with E-state index >= 15 is 0 Å². The number of aliphatic hydroxyl groups is 1. The van der Waals surface area contributed by atoms with Crippen LogP contribution in [-0.2, 0) is 4.79 Å². The molecular weight excluding hydrogens is 541 g/mol. The first kappa shape index (κ1) is 26.1. The van der Waals surface area contributed by atoms with E-state index in [-0.39, 0.29) is 17.0 Å². The Bertz CT molecular complexity index is 1160. The molecular formula is C22H24IN5O5. The minimum atomic E-state index is -1.35. The number of benzene rings is 1. The number of amides is 1. The molecule has 0 saturated heterocycles. The van der Waals surface area contributed by atoms with E-state index in [1.54, 1.807) is 32.1 Å². The van der Waals surface area contributed by atoms with Crippen LogP contribution < -0.4 is 5.43 Å². The molecule has 1 amide bonds. The number of carboxylic acids is 1. The summed E-state index contributed by atoms with van der Waals surface area (Å²) in [5, 5.41) is 37.7. The molecule has 0 unspecified atom stereocenters. The monoisotopic (exact) mass is 565 g/mol. The molecule has 1 aromatic rings. The highest BCUT2D eigenvalue weighted by atomic mass is 127. The molecule has 0 aliphatic heterocycles. The number of phenolic OH excluding ortho intramolecular Hbond substituents is 1. The van der Waals surface area contributed by atoms with Gasteiger partial charge in [-0.05, 0) is 83.8 Å². The number of halogens is 1. The van der Waals surface area contributed by atoms with Gasteiger partial charge in [-0.1, -0.05) is 25.0 Å². The Morgan fingerprint density at radius 1 is 1.33 bits per heavy atom. The number of nitrogens with zero attached hydrogens (tertiary/aromatic N) is 4. The van der Waals surface area contributed by atoms with E-state index in [2.05, 4.69) is 20.6 Å². The van der Waals surface area contributed by atoms with Gasteiger partial charge in [0, 0.05) is 22.0 Å². The van der Waals surface area contributed by atoms with Crippen LogP contribution in [-0.4, -0.2) is 38.5 Å². The Balaban J connectivity index is 2.31. The third-order valence-corrected chi connectivity index (χ3v) is 6.16. The number of aromatic hydroxyl groups is 1. The summed E-state index contributed by atoms with van der Waals surface area (Å²) >= 11 is 1.82. The molecule has 2 rings (SSSR count). The highest BCUT2D eigenvalue weighted by Crippen LogP contribution is 2.44. The van der Waals surface area contributed by atoms with Crippen molar-refractivity contribution in [1.29, 1.82) is 0 Å². The molecule has 0 spiro atoms. The lowest BCUT2D eigenvalue weighted by Crippen LogP contribution is -2.48. The van der Waals surface area contributed by atoms with Crippen molar-refractivity contribution in [2.75, 3.05) is 0 Å². The van der Waals surface area contributed by atoms with Gasteiger partial charge in [-0.25, -0.2) is 10.2 Å². The molecule has 1 aromatic carbocycles. The number of rotatable bonds is 6. The van der Waals surface area contributed by atoms with Crippen LogP contribution in [0.1, 0.15) is 44.5 Å². The van der Waals surface area contributed by atoms with Gasteiger partial charge in [0.15, 0.2) is 0 Å². The molecule has 1 aliphatic carbocycles. The number of hydrogen-bond donors (Lipinski definition) is 4. The summed E-state index contributed by atoms with van der Waals surface area (Å²) in [7, 11) is 0. The molecule has 33 heavy (non-hydrogen) atoms. The second kappa shape index (κ2) is 10.2. The summed E-state index contributed by atoms with van der Waals surface area (Å²) < 4.78 is 0.342.